The van der Waals surface area contributed by atoms with Gasteiger partial charge in [0.25, 0.3) is 0 Å². The van der Waals surface area contributed by atoms with Crippen molar-refractivity contribution >= 4 is 38.6 Å². The van der Waals surface area contributed by atoms with Crippen molar-refractivity contribution in [3.8, 4) is 0 Å². The number of carboxylic acids is 1. The van der Waals surface area contributed by atoms with E-state index in [1.54, 1.807) is 24.3 Å². The molecule has 1 rings (SSSR count). The number of aliphatic carboxylic acids is 1. The lowest BCUT2D eigenvalue weighted by Gasteiger charge is -2.07. The summed E-state index contributed by atoms with van der Waals surface area (Å²) in [5, 5.41) is 8.53. The maximum Gasteiger partial charge on any atom is 0.303 e. The van der Waals surface area contributed by atoms with Gasteiger partial charge < -0.3 is 5.11 Å². The van der Waals surface area contributed by atoms with Crippen molar-refractivity contribution in [2.45, 2.75) is 62.7 Å². The van der Waals surface area contributed by atoms with E-state index >= 15 is 0 Å². The normalized spacial score (nSPS) is 11.5. The molecule has 0 spiro atoms. The van der Waals surface area contributed by atoms with E-state index in [1.165, 1.54) is 0 Å². The third kappa shape index (κ3) is 9.58. The average Bonchev–Trinajstić information content (AvgIpc) is 2.52. The van der Waals surface area contributed by atoms with Gasteiger partial charge in [0.15, 0.2) is 0 Å². The number of rotatable bonds is 13. The predicted molar refractivity (Wildman–Crippen MR) is 104 cm³/mol. The minimum atomic E-state index is -3.39. The molecule has 0 saturated heterocycles. The Morgan fingerprint density at radius 2 is 1.42 bits per heavy atom. The monoisotopic (exact) mass is 467 g/mol. The average molecular weight is 467 g/mol. The van der Waals surface area contributed by atoms with Gasteiger partial charge >= 0.3 is 5.97 Å². The molecule has 0 amide bonds. The molecule has 2 N–H and O–H groups in total. The number of hydrogen-bond donors (Lipinski definition) is 2. The quantitative estimate of drug-likeness (QED) is 0.337. The van der Waals surface area contributed by atoms with Crippen LogP contribution in [0.25, 0.3) is 0 Å². The fourth-order valence-electron chi connectivity index (χ4n) is 2.37. The van der Waals surface area contributed by atoms with Gasteiger partial charge in [-0.25, -0.2) is 13.1 Å². The lowest BCUT2D eigenvalue weighted by molar-refractivity contribution is -0.137. The van der Waals surface area contributed by atoms with E-state index < -0.39 is 16.0 Å². The Balaban J connectivity index is 2.03. The van der Waals surface area contributed by atoms with Crippen LogP contribution in [0, 0.1) is 3.57 Å². The second-order valence-electron chi connectivity index (χ2n) is 5.82. The fourth-order valence-corrected chi connectivity index (χ4v) is 3.80. The molecule has 0 fully saturated rings. The van der Waals surface area contributed by atoms with Crippen LogP contribution in [-0.4, -0.2) is 26.0 Å². The van der Waals surface area contributed by atoms with Crippen LogP contribution in [-0.2, 0) is 14.8 Å². The highest BCUT2D eigenvalue weighted by molar-refractivity contribution is 14.1. The molecular formula is C17H26INO4S. The van der Waals surface area contributed by atoms with E-state index in [0.717, 1.165) is 54.9 Å². The van der Waals surface area contributed by atoms with Crippen LogP contribution in [0.3, 0.4) is 0 Å². The van der Waals surface area contributed by atoms with Gasteiger partial charge in [0.2, 0.25) is 10.0 Å². The van der Waals surface area contributed by atoms with Crippen LogP contribution in [0.1, 0.15) is 57.8 Å². The van der Waals surface area contributed by atoms with E-state index in [-0.39, 0.29) is 6.42 Å². The van der Waals surface area contributed by atoms with E-state index in [0.29, 0.717) is 11.4 Å². The minimum absolute atomic E-state index is 0.265. The second-order valence-corrected chi connectivity index (χ2v) is 8.84. The Morgan fingerprint density at radius 3 is 1.96 bits per heavy atom. The fraction of sp³-hybridized carbons (Fsp3) is 0.588. The Bertz CT molecular complexity index is 587. The standard InChI is InChI=1S/C17H26INO4S/c18-15-10-12-16(13-11-15)24(22,23)19-14-8-6-4-2-1-3-5-7-9-17(20)21/h10-13,19H,1-9,14H2,(H,20,21). The molecule has 0 aliphatic heterocycles. The van der Waals surface area contributed by atoms with Gasteiger partial charge in [0.1, 0.15) is 0 Å². The summed E-state index contributed by atoms with van der Waals surface area (Å²) in [7, 11) is -3.39. The molecule has 0 aliphatic rings. The molecule has 0 atom stereocenters. The molecule has 0 radical (unpaired) electrons. The van der Waals surface area contributed by atoms with E-state index in [1.807, 2.05) is 0 Å². The zero-order valence-electron chi connectivity index (χ0n) is 13.8. The lowest BCUT2D eigenvalue weighted by atomic mass is 10.1. The third-order valence-electron chi connectivity index (χ3n) is 3.73. The summed E-state index contributed by atoms with van der Waals surface area (Å²) in [6.45, 7) is 0.465. The zero-order chi connectivity index (χ0) is 17.8. The van der Waals surface area contributed by atoms with E-state index in [2.05, 4.69) is 27.3 Å². The molecule has 0 aliphatic carbocycles. The van der Waals surface area contributed by atoms with E-state index in [9.17, 15) is 13.2 Å². The molecule has 1 aromatic rings. The number of sulfonamides is 1. The molecule has 0 bridgehead atoms. The molecule has 1 aromatic carbocycles. The van der Waals surface area contributed by atoms with Crippen molar-refractivity contribution in [1.82, 2.24) is 4.72 Å². The Hall–Kier alpha value is -0.670. The van der Waals surface area contributed by atoms with Crippen molar-refractivity contribution in [3.63, 3.8) is 0 Å². The Morgan fingerprint density at radius 1 is 0.917 bits per heavy atom. The first-order chi connectivity index (χ1) is 11.4. The maximum atomic E-state index is 12.1. The number of hydrogen-bond acceptors (Lipinski definition) is 3. The van der Waals surface area contributed by atoms with Gasteiger partial charge in [-0.1, -0.05) is 38.5 Å². The molecular weight excluding hydrogens is 441 g/mol. The zero-order valence-corrected chi connectivity index (χ0v) is 16.8. The minimum Gasteiger partial charge on any atom is -0.481 e. The number of carbonyl (C=O) groups is 1. The first-order valence-electron chi connectivity index (χ1n) is 8.39. The van der Waals surface area contributed by atoms with Crippen molar-refractivity contribution in [3.05, 3.63) is 27.8 Å². The van der Waals surface area contributed by atoms with Crippen LogP contribution < -0.4 is 4.72 Å². The topological polar surface area (TPSA) is 83.5 Å². The number of unbranched alkanes of at least 4 members (excludes halogenated alkanes) is 7. The van der Waals surface area contributed by atoms with Gasteiger partial charge in [-0.2, -0.15) is 0 Å². The van der Waals surface area contributed by atoms with Crippen molar-refractivity contribution in [1.29, 1.82) is 0 Å². The summed E-state index contributed by atoms with van der Waals surface area (Å²) in [6.07, 6.45) is 8.24. The highest BCUT2D eigenvalue weighted by Crippen LogP contribution is 2.12. The lowest BCUT2D eigenvalue weighted by Crippen LogP contribution is -2.24. The van der Waals surface area contributed by atoms with Crippen molar-refractivity contribution < 1.29 is 18.3 Å². The molecule has 136 valence electrons. The molecule has 0 heterocycles. The highest BCUT2D eigenvalue weighted by Gasteiger charge is 2.12. The maximum absolute atomic E-state index is 12.1. The van der Waals surface area contributed by atoms with Gasteiger partial charge in [-0.15, -0.1) is 0 Å². The van der Waals surface area contributed by atoms with Crippen LogP contribution in [0.15, 0.2) is 29.2 Å². The van der Waals surface area contributed by atoms with Crippen molar-refractivity contribution in [2.75, 3.05) is 6.54 Å². The predicted octanol–water partition coefficient (Wildman–Crippen LogP) is 4.17. The summed E-state index contributed by atoms with van der Waals surface area (Å²) in [5.41, 5.74) is 0. The van der Waals surface area contributed by atoms with Crippen LogP contribution in [0.5, 0.6) is 0 Å². The van der Waals surface area contributed by atoms with Crippen molar-refractivity contribution in [2.24, 2.45) is 0 Å². The number of halogens is 1. The first kappa shape index (κ1) is 21.4. The summed E-state index contributed by atoms with van der Waals surface area (Å²) < 4.78 is 27.8. The SMILES string of the molecule is O=C(O)CCCCCCCCCCNS(=O)(=O)c1ccc(I)cc1. The Kier molecular flexibility index (Phi) is 10.5. The van der Waals surface area contributed by atoms with Gasteiger partial charge in [0, 0.05) is 16.5 Å². The molecule has 7 heteroatoms. The van der Waals surface area contributed by atoms with Crippen LogP contribution in [0.2, 0.25) is 0 Å². The van der Waals surface area contributed by atoms with Crippen LogP contribution in [0.4, 0.5) is 0 Å². The van der Waals surface area contributed by atoms with E-state index in [4.69, 9.17) is 5.11 Å². The summed E-state index contributed by atoms with van der Waals surface area (Å²) in [6, 6.07) is 6.81. The molecule has 24 heavy (non-hydrogen) atoms. The molecule has 0 saturated carbocycles. The largest absolute Gasteiger partial charge is 0.481 e. The molecule has 0 aromatic heterocycles. The second kappa shape index (κ2) is 11.8. The van der Waals surface area contributed by atoms with Gasteiger partial charge in [-0.05, 0) is 59.7 Å². The number of benzene rings is 1. The number of nitrogens with one attached hydrogen (secondary N) is 1. The molecule has 0 unspecified atom stereocenters. The summed E-state index contributed by atoms with van der Waals surface area (Å²) in [4.78, 5) is 10.7. The van der Waals surface area contributed by atoms with Gasteiger partial charge in [0.05, 0.1) is 4.90 Å². The van der Waals surface area contributed by atoms with Crippen LogP contribution >= 0.6 is 22.6 Å². The smallest absolute Gasteiger partial charge is 0.303 e. The number of carboxylic acid groups (broad SMARTS) is 1. The third-order valence-corrected chi connectivity index (χ3v) is 5.93. The van der Waals surface area contributed by atoms with Gasteiger partial charge in [-0.3, -0.25) is 4.79 Å². The molecule has 5 nitrogen and oxygen atoms in total. The summed E-state index contributed by atoms with van der Waals surface area (Å²) >= 11 is 2.14. The first-order valence-corrected chi connectivity index (χ1v) is 10.9. The Labute approximate surface area is 158 Å². The highest BCUT2D eigenvalue weighted by atomic mass is 127. The summed E-state index contributed by atoms with van der Waals surface area (Å²) in [5.74, 6) is -0.720.